The summed E-state index contributed by atoms with van der Waals surface area (Å²) in [5.41, 5.74) is 17.0. The predicted octanol–water partition coefficient (Wildman–Crippen LogP) is 15.5. The second-order valence-corrected chi connectivity index (χ2v) is 18.0. The van der Waals surface area contributed by atoms with E-state index in [0.717, 1.165) is 17.8 Å². The average Bonchev–Trinajstić information content (AvgIpc) is 3.44. The van der Waals surface area contributed by atoms with Gasteiger partial charge in [0.2, 0.25) is 0 Å². The highest BCUT2D eigenvalue weighted by atomic mass is 15.1. The number of benzene rings is 8. The molecular weight excluding hydrogens is 675 g/mol. The maximum absolute atomic E-state index is 2.54. The van der Waals surface area contributed by atoms with Crippen LogP contribution in [0.2, 0.25) is 0 Å². The SMILES string of the molecule is CC1(C)CCC(C)(C)c2c(-c3cc4c(cc3N(c3ccccc3)c3cccc(-c5cc6ccccc6c6ccccc56)c3)C(C)(C)c3ccccc3-4)cccc21. The van der Waals surface area contributed by atoms with Crippen LogP contribution in [0.5, 0.6) is 0 Å². The first-order valence-electron chi connectivity index (χ1n) is 20.3. The molecule has 8 aromatic carbocycles. The largest absolute Gasteiger partial charge is 0.310 e. The predicted molar refractivity (Wildman–Crippen MR) is 240 cm³/mol. The lowest BCUT2D eigenvalue weighted by atomic mass is 9.61. The standard InChI is InChI=1S/C55H49N/c1-53(2)30-31-54(3,4)52-44(27-17-29-49(52)53)47-34-46-43-26-14-15-28-48(43)55(5,6)50(46)35-51(47)56(38-20-8-7-9-21-38)39-22-16-19-36(32-39)45-33-37-18-10-11-23-40(37)41-24-12-13-25-42(41)45/h7-29,32-35H,30-31H2,1-6H3. The number of rotatable bonds is 5. The fraction of sp³-hybridized carbons (Fsp3) is 0.200. The first-order chi connectivity index (χ1) is 27.0. The average molecular weight is 724 g/mol. The summed E-state index contributed by atoms with van der Waals surface area (Å²) >= 11 is 0. The molecule has 0 aromatic heterocycles. The molecule has 8 aromatic rings. The fourth-order valence-corrected chi connectivity index (χ4v) is 10.2. The summed E-state index contributed by atoms with van der Waals surface area (Å²) in [5.74, 6) is 0. The van der Waals surface area contributed by atoms with Crippen molar-refractivity contribution in [2.45, 2.75) is 70.6 Å². The molecule has 56 heavy (non-hydrogen) atoms. The molecule has 0 amide bonds. The van der Waals surface area contributed by atoms with Crippen LogP contribution < -0.4 is 4.90 Å². The Morgan fingerprint density at radius 2 is 1.02 bits per heavy atom. The van der Waals surface area contributed by atoms with Gasteiger partial charge in [-0.05, 0) is 138 Å². The van der Waals surface area contributed by atoms with E-state index < -0.39 is 0 Å². The third-order valence-corrected chi connectivity index (χ3v) is 13.3. The summed E-state index contributed by atoms with van der Waals surface area (Å²) < 4.78 is 0. The van der Waals surface area contributed by atoms with Crippen LogP contribution in [-0.2, 0) is 16.2 Å². The van der Waals surface area contributed by atoms with E-state index in [1.807, 2.05) is 0 Å². The van der Waals surface area contributed by atoms with E-state index in [4.69, 9.17) is 0 Å². The van der Waals surface area contributed by atoms with Crippen molar-refractivity contribution >= 4 is 38.6 Å². The molecule has 0 atom stereocenters. The van der Waals surface area contributed by atoms with E-state index in [1.54, 1.807) is 0 Å². The van der Waals surface area contributed by atoms with Crippen LogP contribution in [0, 0.1) is 0 Å². The van der Waals surface area contributed by atoms with Gasteiger partial charge in [0.25, 0.3) is 0 Å². The molecule has 0 spiro atoms. The van der Waals surface area contributed by atoms with Crippen molar-refractivity contribution in [3.05, 3.63) is 186 Å². The number of fused-ring (bicyclic) bond motifs is 7. The highest BCUT2D eigenvalue weighted by Gasteiger charge is 2.41. The van der Waals surface area contributed by atoms with Crippen LogP contribution >= 0.6 is 0 Å². The van der Waals surface area contributed by atoms with Gasteiger partial charge < -0.3 is 4.90 Å². The molecule has 1 nitrogen and oxygen atoms in total. The normalized spacial score (nSPS) is 16.0. The van der Waals surface area contributed by atoms with Gasteiger partial charge in [0, 0.05) is 22.4 Å². The maximum Gasteiger partial charge on any atom is 0.0543 e. The second-order valence-electron chi connectivity index (χ2n) is 18.0. The van der Waals surface area contributed by atoms with Crippen molar-refractivity contribution in [3.63, 3.8) is 0 Å². The van der Waals surface area contributed by atoms with Gasteiger partial charge in [0.1, 0.15) is 0 Å². The molecule has 2 aliphatic rings. The molecule has 10 rings (SSSR count). The summed E-state index contributed by atoms with van der Waals surface area (Å²) in [6, 6.07) is 61.5. The molecule has 274 valence electrons. The van der Waals surface area contributed by atoms with Crippen LogP contribution in [-0.4, -0.2) is 0 Å². The van der Waals surface area contributed by atoms with Gasteiger partial charge in [0.15, 0.2) is 0 Å². The third kappa shape index (κ3) is 5.28. The Kier molecular flexibility index (Phi) is 7.75. The molecular formula is C55H49N. The van der Waals surface area contributed by atoms with Gasteiger partial charge >= 0.3 is 0 Å². The first kappa shape index (κ1) is 34.6. The van der Waals surface area contributed by atoms with Gasteiger partial charge in [-0.25, -0.2) is 0 Å². The summed E-state index contributed by atoms with van der Waals surface area (Å²) in [7, 11) is 0. The topological polar surface area (TPSA) is 3.24 Å². The Bertz CT molecular complexity index is 2840. The lowest BCUT2D eigenvalue weighted by molar-refractivity contribution is 0.333. The number of para-hydroxylation sites is 1. The van der Waals surface area contributed by atoms with Crippen molar-refractivity contribution in [1.82, 2.24) is 0 Å². The molecule has 0 heterocycles. The molecule has 0 fully saturated rings. The summed E-state index contributed by atoms with van der Waals surface area (Å²) in [5, 5.41) is 5.10. The number of anilines is 3. The molecule has 0 N–H and O–H groups in total. The molecule has 0 saturated heterocycles. The quantitative estimate of drug-likeness (QED) is 0.160. The van der Waals surface area contributed by atoms with Crippen LogP contribution in [0.15, 0.2) is 164 Å². The minimum atomic E-state index is -0.148. The number of hydrogen-bond donors (Lipinski definition) is 0. The molecule has 0 radical (unpaired) electrons. The van der Waals surface area contributed by atoms with Gasteiger partial charge in [0.05, 0.1) is 5.69 Å². The van der Waals surface area contributed by atoms with E-state index in [-0.39, 0.29) is 16.2 Å². The minimum Gasteiger partial charge on any atom is -0.310 e. The lowest BCUT2D eigenvalue weighted by Crippen LogP contribution is -2.34. The smallest absolute Gasteiger partial charge is 0.0543 e. The Hall–Kier alpha value is -5.92. The first-order valence-corrected chi connectivity index (χ1v) is 20.3. The van der Waals surface area contributed by atoms with Gasteiger partial charge in [-0.1, -0.05) is 163 Å². The summed E-state index contributed by atoms with van der Waals surface area (Å²) in [6.45, 7) is 14.6. The van der Waals surface area contributed by atoms with Crippen LogP contribution in [0.4, 0.5) is 17.1 Å². The Morgan fingerprint density at radius 3 is 1.84 bits per heavy atom. The van der Waals surface area contributed by atoms with Gasteiger partial charge in [-0.15, -0.1) is 0 Å². The van der Waals surface area contributed by atoms with Crippen molar-refractivity contribution in [3.8, 4) is 33.4 Å². The molecule has 2 aliphatic carbocycles. The zero-order chi connectivity index (χ0) is 38.4. The Labute approximate surface area is 332 Å². The van der Waals surface area contributed by atoms with Crippen molar-refractivity contribution in [1.29, 1.82) is 0 Å². The van der Waals surface area contributed by atoms with Crippen molar-refractivity contribution in [2.24, 2.45) is 0 Å². The van der Waals surface area contributed by atoms with E-state index in [2.05, 4.69) is 210 Å². The van der Waals surface area contributed by atoms with Gasteiger partial charge in [-0.3, -0.25) is 0 Å². The molecule has 1 heteroatoms. The monoisotopic (exact) mass is 723 g/mol. The second kappa shape index (κ2) is 12.6. The molecule has 0 aliphatic heterocycles. The highest BCUT2D eigenvalue weighted by Crippen LogP contribution is 2.56. The summed E-state index contributed by atoms with van der Waals surface area (Å²) in [6.07, 6.45) is 2.34. The zero-order valence-corrected chi connectivity index (χ0v) is 33.4. The number of hydrogen-bond acceptors (Lipinski definition) is 1. The molecule has 0 bridgehead atoms. The Morgan fingerprint density at radius 1 is 0.393 bits per heavy atom. The Balaban J connectivity index is 1.28. The summed E-state index contributed by atoms with van der Waals surface area (Å²) in [4.78, 5) is 2.53. The highest BCUT2D eigenvalue weighted by molar-refractivity contribution is 6.14. The third-order valence-electron chi connectivity index (χ3n) is 13.3. The van der Waals surface area contributed by atoms with Crippen molar-refractivity contribution in [2.75, 3.05) is 4.90 Å². The zero-order valence-electron chi connectivity index (χ0n) is 33.4. The van der Waals surface area contributed by atoms with Gasteiger partial charge in [-0.2, -0.15) is 0 Å². The minimum absolute atomic E-state index is 0.0313. The maximum atomic E-state index is 2.54. The van der Waals surface area contributed by atoms with Crippen LogP contribution in [0.1, 0.15) is 76.6 Å². The van der Waals surface area contributed by atoms with Crippen molar-refractivity contribution < 1.29 is 0 Å². The number of nitrogens with zero attached hydrogens (tertiary/aromatic N) is 1. The van der Waals surface area contributed by atoms with Crippen LogP contribution in [0.3, 0.4) is 0 Å². The van der Waals surface area contributed by atoms with E-state index in [9.17, 15) is 0 Å². The van der Waals surface area contributed by atoms with E-state index in [1.165, 1.54) is 89.3 Å². The molecule has 0 unspecified atom stereocenters. The lowest BCUT2D eigenvalue weighted by Gasteiger charge is -2.43. The molecule has 0 saturated carbocycles. The van der Waals surface area contributed by atoms with Crippen LogP contribution in [0.25, 0.3) is 54.9 Å². The van der Waals surface area contributed by atoms with E-state index >= 15 is 0 Å². The fourth-order valence-electron chi connectivity index (χ4n) is 10.2. The van der Waals surface area contributed by atoms with E-state index in [0.29, 0.717) is 0 Å².